The lowest BCUT2D eigenvalue weighted by atomic mass is 10.1. The monoisotopic (exact) mass is 332 g/mol. The fourth-order valence-corrected chi connectivity index (χ4v) is 1.95. The van der Waals surface area contributed by atoms with Gasteiger partial charge in [-0.05, 0) is 40.3 Å². The molecule has 1 atom stereocenters. The van der Waals surface area contributed by atoms with Crippen molar-refractivity contribution in [2.75, 3.05) is 19.8 Å². The molecule has 0 spiro atoms. The fourth-order valence-electron chi connectivity index (χ4n) is 1.59. The van der Waals surface area contributed by atoms with Crippen molar-refractivity contribution in [2.24, 2.45) is 0 Å². The molecule has 1 aliphatic heterocycles. The summed E-state index contributed by atoms with van der Waals surface area (Å²) in [5.41, 5.74) is 1.03. The molecule has 1 fully saturated rings. The normalized spacial score (nSPS) is 20.7. The standard InChI is InChI=1S/C12H13IO3/c13-10-3-1-9(2-4-10)7-11(14)12-8-15-5-6-16-12/h1-4,12H,5-8H2. The number of halogens is 1. The number of carbonyl (C=O) groups excluding carboxylic acids is 1. The smallest absolute Gasteiger partial charge is 0.168 e. The number of ketones is 1. The number of benzene rings is 1. The summed E-state index contributed by atoms with van der Waals surface area (Å²) in [6.07, 6.45) is 0.0401. The van der Waals surface area contributed by atoms with Gasteiger partial charge in [-0.25, -0.2) is 0 Å². The first-order chi connectivity index (χ1) is 7.75. The van der Waals surface area contributed by atoms with Crippen LogP contribution in [0, 0.1) is 3.57 Å². The van der Waals surface area contributed by atoms with Crippen LogP contribution >= 0.6 is 22.6 Å². The van der Waals surface area contributed by atoms with Gasteiger partial charge in [-0.2, -0.15) is 0 Å². The molecular formula is C12H13IO3. The van der Waals surface area contributed by atoms with E-state index in [4.69, 9.17) is 9.47 Å². The lowest BCUT2D eigenvalue weighted by Gasteiger charge is -2.21. The van der Waals surface area contributed by atoms with Gasteiger partial charge in [-0.1, -0.05) is 12.1 Å². The van der Waals surface area contributed by atoms with Crippen LogP contribution in [0.5, 0.6) is 0 Å². The Morgan fingerprint density at radius 1 is 1.31 bits per heavy atom. The van der Waals surface area contributed by atoms with Gasteiger partial charge < -0.3 is 9.47 Å². The highest BCUT2D eigenvalue weighted by atomic mass is 127. The largest absolute Gasteiger partial charge is 0.376 e. The van der Waals surface area contributed by atoms with Crippen LogP contribution in [0.4, 0.5) is 0 Å². The van der Waals surface area contributed by atoms with E-state index in [9.17, 15) is 4.79 Å². The van der Waals surface area contributed by atoms with Crippen molar-refractivity contribution in [1.82, 2.24) is 0 Å². The minimum absolute atomic E-state index is 0.0981. The topological polar surface area (TPSA) is 35.5 Å². The Labute approximate surface area is 108 Å². The second kappa shape index (κ2) is 5.75. The van der Waals surface area contributed by atoms with Crippen molar-refractivity contribution in [3.63, 3.8) is 0 Å². The molecule has 1 aromatic carbocycles. The maximum absolute atomic E-state index is 11.8. The van der Waals surface area contributed by atoms with Gasteiger partial charge in [0, 0.05) is 9.99 Å². The first-order valence-corrected chi connectivity index (χ1v) is 6.30. The van der Waals surface area contributed by atoms with E-state index >= 15 is 0 Å². The van der Waals surface area contributed by atoms with Crippen molar-refractivity contribution in [1.29, 1.82) is 0 Å². The van der Waals surface area contributed by atoms with Gasteiger partial charge in [-0.15, -0.1) is 0 Å². The molecule has 0 bridgehead atoms. The summed E-state index contributed by atoms with van der Waals surface area (Å²) < 4.78 is 11.7. The van der Waals surface area contributed by atoms with Crippen LogP contribution in [0.15, 0.2) is 24.3 Å². The van der Waals surface area contributed by atoms with Crippen LogP contribution in [-0.4, -0.2) is 31.7 Å². The minimum atomic E-state index is -0.381. The second-order valence-corrected chi connectivity index (χ2v) is 4.95. The highest BCUT2D eigenvalue weighted by Gasteiger charge is 2.22. The molecule has 1 unspecified atom stereocenters. The predicted molar refractivity (Wildman–Crippen MR) is 68.4 cm³/mol. The highest BCUT2D eigenvalue weighted by Crippen LogP contribution is 2.10. The molecular weight excluding hydrogens is 319 g/mol. The summed E-state index contributed by atoms with van der Waals surface area (Å²) >= 11 is 2.24. The zero-order chi connectivity index (χ0) is 11.4. The first kappa shape index (κ1) is 12.0. The summed E-state index contributed by atoms with van der Waals surface area (Å²) in [6, 6.07) is 7.95. The third-order valence-corrected chi connectivity index (χ3v) is 3.19. The predicted octanol–water partition coefficient (Wildman–Crippen LogP) is 1.82. The zero-order valence-electron chi connectivity index (χ0n) is 8.82. The van der Waals surface area contributed by atoms with Crippen molar-refractivity contribution < 1.29 is 14.3 Å². The SMILES string of the molecule is O=C(Cc1ccc(I)cc1)C1COCCO1. The first-order valence-electron chi connectivity index (χ1n) is 5.22. The van der Waals surface area contributed by atoms with Crippen LogP contribution in [0.2, 0.25) is 0 Å². The van der Waals surface area contributed by atoms with Crippen LogP contribution in [0.1, 0.15) is 5.56 Å². The van der Waals surface area contributed by atoms with E-state index in [1.165, 1.54) is 3.57 Å². The molecule has 0 amide bonds. The Kier molecular flexibility index (Phi) is 4.31. The van der Waals surface area contributed by atoms with Crippen molar-refractivity contribution in [2.45, 2.75) is 12.5 Å². The third-order valence-electron chi connectivity index (χ3n) is 2.47. The van der Waals surface area contributed by atoms with E-state index in [2.05, 4.69) is 22.6 Å². The maximum Gasteiger partial charge on any atom is 0.168 e. The fraction of sp³-hybridized carbons (Fsp3) is 0.417. The molecule has 1 aromatic rings. The van der Waals surface area contributed by atoms with Crippen LogP contribution in [0.25, 0.3) is 0 Å². The molecule has 16 heavy (non-hydrogen) atoms. The Hall–Kier alpha value is -0.460. The molecule has 0 aliphatic carbocycles. The van der Waals surface area contributed by atoms with Gasteiger partial charge >= 0.3 is 0 Å². The number of ether oxygens (including phenoxy) is 2. The quantitative estimate of drug-likeness (QED) is 0.792. The summed E-state index contributed by atoms with van der Waals surface area (Å²) in [7, 11) is 0. The number of rotatable bonds is 3. The van der Waals surface area contributed by atoms with Gasteiger partial charge in [0.1, 0.15) is 6.10 Å². The van der Waals surface area contributed by atoms with Gasteiger partial charge in [0.2, 0.25) is 0 Å². The number of hydrogen-bond acceptors (Lipinski definition) is 3. The van der Waals surface area contributed by atoms with Gasteiger partial charge in [0.05, 0.1) is 19.8 Å². The highest BCUT2D eigenvalue weighted by molar-refractivity contribution is 14.1. The lowest BCUT2D eigenvalue weighted by molar-refractivity contribution is -0.144. The van der Waals surface area contributed by atoms with E-state index in [1.54, 1.807) is 0 Å². The number of Topliss-reactive ketones (excluding diaryl/α,β-unsaturated/α-hetero) is 1. The summed E-state index contributed by atoms with van der Waals surface area (Å²) in [5, 5.41) is 0. The summed E-state index contributed by atoms with van der Waals surface area (Å²) in [4.78, 5) is 11.8. The molecule has 1 heterocycles. The van der Waals surface area contributed by atoms with Gasteiger partial charge in [0.15, 0.2) is 5.78 Å². The Bertz CT molecular complexity index is 355. The Balaban J connectivity index is 1.93. The number of carbonyl (C=O) groups is 1. The van der Waals surface area contributed by atoms with E-state index in [1.807, 2.05) is 24.3 Å². The van der Waals surface area contributed by atoms with Gasteiger partial charge in [-0.3, -0.25) is 4.79 Å². The molecule has 4 heteroatoms. The molecule has 0 N–H and O–H groups in total. The Morgan fingerprint density at radius 2 is 2.06 bits per heavy atom. The molecule has 0 aromatic heterocycles. The van der Waals surface area contributed by atoms with Crippen molar-refractivity contribution in [3.05, 3.63) is 33.4 Å². The molecule has 0 radical (unpaired) electrons. The van der Waals surface area contributed by atoms with E-state index in [-0.39, 0.29) is 11.9 Å². The Morgan fingerprint density at radius 3 is 2.69 bits per heavy atom. The van der Waals surface area contributed by atoms with E-state index in [0.29, 0.717) is 26.2 Å². The summed E-state index contributed by atoms with van der Waals surface area (Å²) in [5.74, 6) is 0.0981. The molecule has 2 rings (SSSR count). The van der Waals surface area contributed by atoms with Crippen molar-refractivity contribution in [3.8, 4) is 0 Å². The minimum Gasteiger partial charge on any atom is -0.376 e. The summed E-state index contributed by atoms with van der Waals surface area (Å²) in [6.45, 7) is 1.50. The molecule has 3 nitrogen and oxygen atoms in total. The second-order valence-electron chi connectivity index (χ2n) is 3.70. The maximum atomic E-state index is 11.8. The molecule has 1 saturated heterocycles. The third kappa shape index (κ3) is 3.26. The van der Waals surface area contributed by atoms with E-state index < -0.39 is 0 Å². The lowest BCUT2D eigenvalue weighted by Crippen LogP contribution is -2.36. The molecule has 1 aliphatic rings. The zero-order valence-corrected chi connectivity index (χ0v) is 11.0. The number of hydrogen-bond donors (Lipinski definition) is 0. The molecule has 0 saturated carbocycles. The van der Waals surface area contributed by atoms with Gasteiger partial charge in [0.25, 0.3) is 0 Å². The van der Waals surface area contributed by atoms with E-state index in [0.717, 1.165) is 5.56 Å². The van der Waals surface area contributed by atoms with Crippen molar-refractivity contribution >= 4 is 28.4 Å². The average molecular weight is 332 g/mol. The van der Waals surface area contributed by atoms with Crippen LogP contribution < -0.4 is 0 Å². The van der Waals surface area contributed by atoms with Crippen LogP contribution in [0.3, 0.4) is 0 Å². The molecule has 86 valence electrons. The average Bonchev–Trinajstić information content (AvgIpc) is 2.33. The van der Waals surface area contributed by atoms with Crippen LogP contribution in [-0.2, 0) is 20.7 Å².